The Hall–Kier alpha value is -1.08. The highest BCUT2D eigenvalue weighted by Crippen LogP contribution is 2.19. The molecule has 18 heavy (non-hydrogen) atoms. The molecule has 1 aromatic heterocycles. The normalized spacial score (nSPS) is 10.6. The van der Waals surface area contributed by atoms with Gasteiger partial charge in [0, 0.05) is 16.3 Å². The summed E-state index contributed by atoms with van der Waals surface area (Å²) >= 11 is 7.73. The zero-order valence-corrected chi connectivity index (χ0v) is 11.9. The summed E-state index contributed by atoms with van der Waals surface area (Å²) in [7, 11) is 0. The summed E-state index contributed by atoms with van der Waals surface area (Å²) in [5.41, 5.74) is 0.941. The molecule has 94 valence electrons. The second-order valence-electron chi connectivity index (χ2n) is 3.73. The van der Waals surface area contributed by atoms with Crippen LogP contribution in [0.1, 0.15) is 16.1 Å². The zero-order chi connectivity index (χ0) is 13.3. The monoisotopic (exact) mass is 379 g/mol. The van der Waals surface area contributed by atoms with Crippen LogP contribution >= 0.6 is 34.2 Å². The van der Waals surface area contributed by atoms with Crippen LogP contribution in [-0.4, -0.2) is 15.6 Å². The summed E-state index contributed by atoms with van der Waals surface area (Å²) in [4.78, 5) is 11.0. The summed E-state index contributed by atoms with van der Waals surface area (Å²) in [6.45, 7) is 0.338. The molecular weight excluding hydrogens is 371 g/mol. The summed E-state index contributed by atoms with van der Waals surface area (Å²) in [6.07, 6.45) is 1.72. The van der Waals surface area contributed by atoms with Gasteiger partial charge in [-0.2, -0.15) is 0 Å². The molecule has 0 aliphatic carbocycles. The van der Waals surface area contributed by atoms with E-state index in [1.807, 2.05) is 22.6 Å². The number of rotatable bonds is 3. The van der Waals surface area contributed by atoms with Gasteiger partial charge in [0.1, 0.15) is 11.5 Å². The Labute approximate surface area is 121 Å². The lowest BCUT2D eigenvalue weighted by Crippen LogP contribution is -2.08. The van der Waals surface area contributed by atoms with Crippen LogP contribution in [0.4, 0.5) is 4.39 Å². The number of benzene rings is 1. The van der Waals surface area contributed by atoms with Gasteiger partial charge in [-0.05, 0) is 46.4 Å². The number of halogens is 3. The van der Waals surface area contributed by atoms with E-state index < -0.39 is 11.8 Å². The Balaban J connectivity index is 2.33. The Morgan fingerprint density at radius 1 is 1.44 bits per heavy atom. The van der Waals surface area contributed by atoms with E-state index in [-0.39, 0.29) is 10.7 Å². The Morgan fingerprint density at radius 2 is 2.17 bits per heavy atom. The molecule has 0 unspecified atom stereocenters. The third-order valence-corrected chi connectivity index (χ3v) is 3.30. The lowest BCUT2D eigenvalue weighted by Gasteiger charge is -2.07. The molecule has 0 spiro atoms. The lowest BCUT2D eigenvalue weighted by atomic mass is 10.2. The molecule has 0 aliphatic heterocycles. The molecule has 0 saturated heterocycles. The van der Waals surface area contributed by atoms with Crippen molar-refractivity contribution in [3.05, 3.63) is 56.1 Å². The first-order valence-corrected chi connectivity index (χ1v) is 6.46. The maximum atomic E-state index is 13.0. The molecule has 0 atom stereocenters. The van der Waals surface area contributed by atoms with Crippen molar-refractivity contribution in [1.29, 1.82) is 0 Å². The van der Waals surface area contributed by atoms with Crippen LogP contribution in [0.15, 0.2) is 30.5 Å². The van der Waals surface area contributed by atoms with E-state index in [4.69, 9.17) is 16.7 Å². The van der Waals surface area contributed by atoms with Crippen molar-refractivity contribution < 1.29 is 14.3 Å². The van der Waals surface area contributed by atoms with E-state index in [0.29, 0.717) is 6.54 Å². The molecule has 0 fully saturated rings. The van der Waals surface area contributed by atoms with Gasteiger partial charge in [-0.3, -0.25) is 0 Å². The number of aromatic carboxylic acids is 1. The van der Waals surface area contributed by atoms with Gasteiger partial charge in [0.25, 0.3) is 0 Å². The highest BCUT2D eigenvalue weighted by molar-refractivity contribution is 14.1. The van der Waals surface area contributed by atoms with E-state index in [1.165, 1.54) is 12.1 Å². The first kappa shape index (κ1) is 13.4. The van der Waals surface area contributed by atoms with Gasteiger partial charge >= 0.3 is 5.97 Å². The number of aromatic nitrogens is 1. The molecule has 1 N–H and O–H groups in total. The number of hydrogen-bond donors (Lipinski definition) is 1. The number of carboxylic acid groups (broad SMARTS) is 1. The Kier molecular flexibility index (Phi) is 3.91. The molecular formula is C12H8ClFINO2. The van der Waals surface area contributed by atoms with Crippen LogP contribution < -0.4 is 0 Å². The molecule has 1 aromatic carbocycles. The van der Waals surface area contributed by atoms with Gasteiger partial charge in [-0.15, -0.1) is 0 Å². The minimum atomic E-state index is -0.994. The number of hydrogen-bond acceptors (Lipinski definition) is 1. The average Bonchev–Trinajstić information content (AvgIpc) is 2.65. The average molecular weight is 380 g/mol. The highest BCUT2D eigenvalue weighted by atomic mass is 127. The number of carbonyl (C=O) groups is 1. The zero-order valence-electron chi connectivity index (χ0n) is 9.03. The van der Waals surface area contributed by atoms with Crippen LogP contribution in [0.3, 0.4) is 0 Å². The minimum absolute atomic E-state index is 0.0335. The predicted octanol–water partition coefficient (Wildman–Crippen LogP) is 3.63. The number of carboxylic acids is 1. The fraction of sp³-hybridized carbons (Fsp3) is 0.0833. The van der Waals surface area contributed by atoms with Crippen molar-refractivity contribution in [2.24, 2.45) is 0 Å². The molecule has 0 amide bonds. The van der Waals surface area contributed by atoms with Crippen LogP contribution in [0, 0.1) is 9.39 Å². The summed E-state index contributed by atoms with van der Waals surface area (Å²) in [5, 5.41) is 9.08. The molecule has 0 radical (unpaired) electrons. The van der Waals surface area contributed by atoms with Crippen molar-refractivity contribution in [2.45, 2.75) is 6.54 Å². The van der Waals surface area contributed by atoms with Crippen molar-refractivity contribution >= 4 is 40.2 Å². The molecule has 0 aliphatic rings. The van der Waals surface area contributed by atoms with Crippen LogP contribution in [0.25, 0.3) is 0 Å². The summed E-state index contributed by atoms with van der Waals surface area (Å²) < 4.78 is 15.4. The van der Waals surface area contributed by atoms with Crippen molar-refractivity contribution in [2.75, 3.05) is 0 Å². The third-order valence-electron chi connectivity index (χ3n) is 2.42. The first-order chi connectivity index (χ1) is 8.47. The Bertz CT molecular complexity index is 612. The smallest absolute Gasteiger partial charge is 0.352 e. The van der Waals surface area contributed by atoms with Gasteiger partial charge in [-0.25, -0.2) is 9.18 Å². The molecule has 0 saturated carbocycles. The largest absolute Gasteiger partial charge is 0.477 e. The minimum Gasteiger partial charge on any atom is -0.477 e. The van der Waals surface area contributed by atoms with E-state index >= 15 is 0 Å². The van der Waals surface area contributed by atoms with Gasteiger partial charge in [0.2, 0.25) is 0 Å². The van der Waals surface area contributed by atoms with E-state index in [0.717, 1.165) is 9.13 Å². The van der Waals surface area contributed by atoms with Gasteiger partial charge in [0.05, 0.1) is 5.02 Å². The van der Waals surface area contributed by atoms with Crippen molar-refractivity contribution in [1.82, 2.24) is 4.57 Å². The molecule has 6 heteroatoms. The predicted molar refractivity (Wildman–Crippen MR) is 74.6 cm³/mol. The van der Waals surface area contributed by atoms with E-state index in [2.05, 4.69) is 0 Å². The van der Waals surface area contributed by atoms with Crippen LogP contribution in [-0.2, 0) is 6.54 Å². The van der Waals surface area contributed by atoms with Crippen LogP contribution in [0.2, 0.25) is 5.02 Å². The van der Waals surface area contributed by atoms with Gasteiger partial charge in [0.15, 0.2) is 0 Å². The topological polar surface area (TPSA) is 42.2 Å². The lowest BCUT2D eigenvalue weighted by molar-refractivity contribution is 0.0685. The van der Waals surface area contributed by atoms with E-state index in [1.54, 1.807) is 22.9 Å². The van der Waals surface area contributed by atoms with Gasteiger partial charge < -0.3 is 9.67 Å². The highest BCUT2D eigenvalue weighted by Gasteiger charge is 2.12. The molecule has 2 rings (SSSR count). The molecule has 0 bridgehead atoms. The molecule has 2 aromatic rings. The standard InChI is InChI=1S/C12H8ClFINO2/c13-9-3-7(1-2-10(9)14)5-16-6-8(15)4-11(16)12(17)18/h1-4,6H,5H2,(H,17,18). The van der Waals surface area contributed by atoms with Crippen molar-refractivity contribution in [3.63, 3.8) is 0 Å². The quantitative estimate of drug-likeness (QED) is 0.828. The van der Waals surface area contributed by atoms with Gasteiger partial charge in [-0.1, -0.05) is 17.7 Å². The second-order valence-corrected chi connectivity index (χ2v) is 5.38. The maximum Gasteiger partial charge on any atom is 0.352 e. The molecule has 3 nitrogen and oxygen atoms in total. The summed E-state index contributed by atoms with van der Waals surface area (Å²) in [5.74, 6) is -1.48. The fourth-order valence-corrected chi connectivity index (χ4v) is 2.45. The maximum absolute atomic E-state index is 13.0. The second kappa shape index (κ2) is 5.27. The first-order valence-electron chi connectivity index (χ1n) is 5.00. The SMILES string of the molecule is O=C(O)c1cc(I)cn1Cc1ccc(F)c(Cl)c1. The summed E-state index contributed by atoms with van der Waals surface area (Å²) in [6, 6.07) is 5.93. The molecule has 1 heterocycles. The van der Waals surface area contributed by atoms with Crippen LogP contribution in [0.5, 0.6) is 0 Å². The third kappa shape index (κ3) is 2.84. The Morgan fingerprint density at radius 3 is 2.78 bits per heavy atom. The number of nitrogens with zero attached hydrogens (tertiary/aromatic N) is 1. The van der Waals surface area contributed by atoms with E-state index in [9.17, 15) is 9.18 Å². The fourth-order valence-electron chi connectivity index (χ4n) is 1.62. The van der Waals surface area contributed by atoms with Crippen molar-refractivity contribution in [3.8, 4) is 0 Å².